The number of benzene rings is 1. The summed E-state index contributed by atoms with van der Waals surface area (Å²) in [5.41, 5.74) is -1.81. The third-order valence-corrected chi connectivity index (χ3v) is 4.26. The molecule has 118 valence electrons. The van der Waals surface area contributed by atoms with Crippen molar-refractivity contribution in [3.8, 4) is 0 Å². The number of hydrogen-bond donors (Lipinski definition) is 2. The highest BCUT2D eigenvalue weighted by molar-refractivity contribution is 9.10. The van der Waals surface area contributed by atoms with Gasteiger partial charge in [0.1, 0.15) is 0 Å². The molecule has 0 bridgehead atoms. The molecule has 7 heteroatoms. The van der Waals surface area contributed by atoms with Crippen molar-refractivity contribution in [2.75, 3.05) is 6.61 Å². The Balaban J connectivity index is 3.09. The first-order valence-corrected chi connectivity index (χ1v) is 7.28. The lowest BCUT2D eigenvalue weighted by molar-refractivity contribution is -0.138. The number of rotatable bonds is 5. The van der Waals surface area contributed by atoms with Crippen LogP contribution in [0.1, 0.15) is 42.6 Å². The summed E-state index contributed by atoms with van der Waals surface area (Å²) < 4.78 is 38.4. The van der Waals surface area contributed by atoms with Crippen molar-refractivity contribution in [1.82, 2.24) is 5.32 Å². The molecule has 0 fully saturated rings. The van der Waals surface area contributed by atoms with Crippen molar-refractivity contribution >= 4 is 21.8 Å². The number of halogens is 4. The number of carbonyl (C=O) groups excluding carboxylic acids is 1. The van der Waals surface area contributed by atoms with Crippen molar-refractivity contribution in [3.63, 3.8) is 0 Å². The molecule has 0 aliphatic heterocycles. The summed E-state index contributed by atoms with van der Waals surface area (Å²) in [5, 5.41) is 12.0. The van der Waals surface area contributed by atoms with Crippen LogP contribution >= 0.6 is 15.9 Å². The fourth-order valence-corrected chi connectivity index (χ4v) is 2.36. The Kier molecular flexibility index (Phi) is 5.81. The second-order valence-electron chi connectivity index (χ2n) is 4.79. The molecule has 0 unspecified atom stereocenters. The number of nitrogens with one attached hydrogen (secondary N) is 1. The van der Waals surface area contributed by atoms with E-state index in [0.29, 0.717) is 12.8 Å². The number of carbonyl (C=O) groups is 1. The van der Waals surface area contributed by atoms with Gasteiger partial charge in [-0.2, -0.15) is 13.2 Å². The fraction of sp³-hybridized carbons (Fsp3) is 0.500. The van der Waals surface area contributed by atoms with Crippen LogP contribution in [0.4, 0.5) is 13.2 Å². The average molecular weight is 368 g/mol. The molecule has 0 radical (unpaired) electrons. The Labute approximate surface area is 129 Å². The zero-order valence-electron chi connectivity index (χ0n) is 11.7. The van der Waals surface area contributed by atoms with Crippen molar-refractivity contribution in [3.05, 3.63) is 33.8 Å². The molecule has 0 aromatic heterocycles. The topological polar surface area (TPSA) is 49.3 Å². The van der Waals surface area contributed by atoms with E-state index in [1.165, 1.54) is 12.1 Å². The monoisotopic (exact) mass is 367 g/mol. The first-order chi connectivity index (χ1) is 9.69. The molecule has 3 nitrogen and oxygen atoms in total. The third-order valence-electron chi connectivity index (χ3n) is 3.57. The third kappa shape index (κ3) is 4.20. The van der Waals surface area contributed by atoms with E-state index in [1.807, 2.05) is 0 Å². The highest BCUT2D eigenvalue weighted by atomic mass is 79.9. The number of amides is 1. The predicted molar refractivity (Wildman–Crippen MR) is 77.0 cm³/mol. The summed E-state index contributed by atoms with van der Waals surface area (Å²) in [5.74, 6) is -0.634. The Morgan fingerprint density at radius 1 is 1.29 bits per heavy atom. The molecule has 0 spiro atoms. The molecule has 1 aromatic carbocycles. The average Bonchev–Trinajstić information content (AvgIpc) is 2.44. The Morgan fingerprint density at radius 2 is 1.86 bits per heavy atom. The molecule has 1 rings (SSSR count). The number of aliphatic hydroxyl groups excluding tert-OH is 1. The molecule has 1 amide bonds. The van der Waals surface area contributed by atoms with Crippen molar-refractivity contribution in [2.45, 2.75) is 38.4 Å². The molecule has 0 atom stereocenters. The van der Waals surface area contributed by atoms with Crippen molar-refractivity contribution in [1.29, 1.82) is 0 Å². The molecule has 0 aliphatic rings. The van der Waals surface area contributed by atoms with Crippen LogP contribution in [0.5, 0.6) is 0 Å². The van der Waals surface area contributed by atoms with E-state index < -0.39 is 23.2 Å². The van der Waals surface area contributed by atoms with E-state index in [1.54, 1.807) is 13.8 Å². The summed E-state index contributed by atoms with van der Waals surface area (Å²) in [6.45, 7) is 3.32. The van der Waals surface area contributed by atoms with Gasteiger partial charge in [-0.25, -0.2) is 0 Å². The minimum Gasteiger partial charge on any atom is -0.394 e. The van der Waals surface area contributed by atoms with Gasteiger partial charge in [0.05, 0.1) is 17.7 Å². The van der Waals surface area contributed by atoms with Gasteiger partial charge in [-0.1, -0.05) is 29.8 Å². The molecule has 2 N–H and O–H groups in total. The van der Waals surface area contributed by atoms with E-state index in [2.05, 4.69) is 21.2 Å². The van der Waals surface area contributed by atoms with E-state index in [9.17, 15) is 23.1 Å². The van der Waals surface area contributed by atoms with Gasteiger partial charge in [-0.3, -0.25) is 4.79 Å². The Bertz CT molecular complexity index is 505. The van der Waals surface area contributed by atoms with Crippen LogP contribution in [0.3, 0.4) is 0 Å². The molecule has 0 heterocycles. The summed E-state index contributed by atoms with van der Waals surface area (Å²) in [6, 6.07) is 3.30. The summed E-state index contributed by atoms with van der Waals surface area (Å²) in [7, 11) is 0. The minimum atomic E-state index is -4.54. The van der Waals surface area contributed by atoms with Gasteiger partial charge in [0.15, 0.2) is 0 Å². The standard InChI is InChI=1S/C14H17BrF3NO2/c1-3-13(4-2,8-20)19-12(21)9-5-6-11(15)10(7-9)14(16,17)18/h5-7,20H,3-4,8H2,1-2H3,(H,19,21). The SMILES string of the molecule is CCC(CC)(CO)NC(=O)c1ccc(Br)c(C(F)(F)F)c1. The van der Waals surface area contributed by atoms with Crippen LogP contribution in [0, 0.1) is 0 Å². The zero-order chi connectivity index (χ0) is 16.3. The van der Waals surface area contributed by atoms with Gasteiger partial charge in [0, 0.05) is 10.0 Å². The smallest absolute Gasteiger partial charge is 0.394 e. The van der Waals surface area contributed by atoms with Crippen molar-refractivity contribution < 1.29 is 23.1 Å². The van der Waals surface area contributed by atoms with Crippen LogP contribution in [0.2, 0.25) is 0 Å². The molecule has 0 aliphatic carbocycles. The lowest BCUT2D eigenvalue weighted by Crippen LogP contribution is -2.50. The molecule has 0 saturated heterocycles. The van der Waals surface area contributed by atoms with Crippen LogP contribution < -0.4 is 5.32 Å². The van der Waals surface area contributed by atoms with Gasteiger partial charge in [-0.05, 0) is 31.0 Å². The summed E-state index contributed by atoms with van der Waals surface area (Å²) >= 11 is 2.83. The number of hydrogen-bond acceptors (Lipinski definition) is 2. The highest BCUT2D eigenvalue weighted by Gasteiger charge is 2.34. The van der Waals surface area contributed by atoms with Gasteiger partial charge >= 0.3 is 6.18 Å². The predicted octanol–water partition coefficient (Wildman–Crippen LogP) is 3.75. The largest absolute Gasteiger partial charge is 0.417 e. The fourth-order valence-electron chi connectivity index (χ4n) is 1.89. The lowest BCUT2D eigenvalue weighted by atomic mass is 9.93. The maximum absolute atomic E-state index is 12.8. The normalized spacial score (nSPS) is 12.3. The number of alkyl halides is 3. The molecular formula is C14H17BrF3NO2. The minimum absolute atomic E-state index is 0.0924. The van der Waals surface area contributed by atoms with E-state index in [0.717, 1.165) is 6.07 Å². The quantitative estimate of drug-likeness (QED) is 0.832. The number of aliphatic hydroxyl groups is 1. The molecule has 0 saturated carbocycles. The van der Waals surface area contributed by atoms with Crippen molar-refractivity contribution in [2.24, 2.45) is 0 Å². The van der Waals surface area contributed by atoms with Gasteiger partial charge < -0.3 is 10.4 Å². The summed E-state index contributed by atoms with van der Waals surface area (Å²) in [6.07, 6.45) is -3.58. The Morgan fingerprint density at radius 3 is 2.29 bits per heavy atom. The molecular weight excluding hydrogens is 351 g/mol. The molecule has 1 aromatic rings. The van der Waals surface area contributed by atoms with Gasteiger partial charge in [0.2, 0.25) is 0 Å². The zero-order valence-corrected chi connectivity index (χ0v) is 13.3. The van der Waals surface area contributed by atoms with E-state index in [4.69, 9.17) is 0 Å². The molecule has 21 heavy (non-hydrogen) atoms. The van der Waals surface area contributed by atoms with Crippen LogP contribution in [0.15, 0.2) is 22.7 Å². The van der Waals surface area contributed by atoms with E-state index >= 15 is 0 Å². The lowest BCUT2D eigenvalue weighted by Gasteiger charge is -2.30. The maximum Gasteiger partial charge on any atom is 0.417 e. The van der Waals surface area contributed by atoms with Gasteiger partial charge in [-0.15, -0.1) is 0 Å². The maximum atomic E-state index is 12.8. The Hall–Kier alpha value is -1.08. The highest BCUT2D eigenvalue weighted by Crippen LogP contribution is 2.35. The first-order valence-electron chi connectivity index (χ1n) is 6.49. The second kappa shape index (κ2) is 6.79. The van der Waals surface area contributed by atoms with E-state index in [-0.39, 0.29) is 16.6 Å². The second-order valence-corrected chi connectivity index (χ2v) is 5.65. The summed E-state index contributed by atoms with van der Waals surface area (Å²) in [4.78, 5) is 12.1. The van der Waals surface area contributed by atoms with Crippen LogP contribution in [0.25, 0.3) is 0 Å². The van der Waals surface area contributed by atoms with Gasteiger partial charge in [0.25, 0.3) is 5.91 Å². The first kappa shape index (κ1) is 18.0. The van der Waals surface area contributed by atoms with Crippen LogP contribution in [-0.4, -0.2) is 23.2 Å². The van der Waals surface area contributed by atoms with Crippen LogP contribution in [-0.2, 0) is 6.18 Å².